The molecule has 2 aromatic carbocycles. The van der Waals surface area contributed by atoms with E-state index in [0.717, 1.165) is 0 Å². The largest absolute Gasteiger partial charge is 0.321 e. The average Bonchev–Trinajstić information content (AvgIpc) is 2.74. The molecule has 0 aliphatic heterocycles. The molecule has 0 spiro atoms. The van der Waals surface area contributed by atoms with Gasteiger partial charge >= 0.3 is 0 Å². The lowest BCUT2D eigenvalue weighted by molar-refractivity contribution is -0.684. The summed E-state index contributed by atoms with van der Waals surface area (Å²) in [6.07, 6.45) is 2.96. The lowest BCUT2D eigenvalue weighted by Gasteiger charge is -2.16. The van der Waals surface area contributed by atoms with Gasteiger partial charge in [-0.3, -0.25) is 9.59 Å². The maximum atomic E-state index is 12.6. The number of hydrogen-bond donors (Lipinski definition) is 2. The number of para-hydroxylation sites is 1. The Bertz CT molecular complexity index is 1120. The molecule has 0 radical (unpaired) electrons. The van der Waals surface area contributed by atoms with E-state index in [1.54, 1.807) is 36.5 Å². The molecule has 2 amide bonds. The normalized spacial score (nSPS) is 10.9. The van der Waals surface area contributed by atoms with Gasteiger partial charge in [-0.2, -0.15) is 17.4 Å². The van der Waals surface area contributed by atoms with Crippen LogP contribution in [0.5, 0.6) is 0 Å². The van der Waals surface area contributed by atoms with Crippen LogP contribution in [0.4, 0.5) is 5.69 Å². The van der Waals surface area contributed by atoms with Crippen LogP contribution in [-0.2, 0) is 21.4 Å². The number of hydrazine groups is 1. The third-order valence-corrected chi connectivity index (χ3v) is 5.54. The topological polar surface area (TPSA) is 113 Å². The molecule has 0 atom stereocenters. The third-order valence-electron chi connectivity index (χ3n) is 3.99. The van der Waals surface area contributed by atoms with Crippen LogP contribution in [0, 0.1) is 0 Å². The molecule has 0 saturated carbocycles. The zero-order chi connectivity index (χ0) is 20.9. The van der Waals surface area contributed by atoms with Crippen molar-refractivity contribution >= 4 is 27.5 Å². The van der Waals surface area contributed by atoms with Gasteiger partial charge in [-0.25, -0.2) is 5.84 Å². The first-order chi connectivity index (χ1) is 13.9. The SMILES string of the molecule is NN(C(=O)c1ccc[n+](CC(=O)Nc2ccccc2)c1)S(=O)(=O)c1ccccc1. The molecular formula is C20H19N4O4S+. The van der Waals surface area contributed by atoms with Crippen molar-refractivity contribution in [1.29, 1.82) is 0 Å². The van der Waals surface area contributed by atoms with Crippen LogP contribution in [0.2, 0.25) is 0 Å². The van der Waals surface area contributed by atoms with E-state index in [9.17, 15) is 18.0 Å². The number of benzene rings is 2. The molecule has 9 heteroatoms. The third kappa shape index (κ3) is 4.84. The Hall–Kier alpha value is -3.56. The van der Waals surface area contributed by atoms with E-state index in [-0.39, 0.29) is 27.3 Å². The van der Waals surface area contributed by atoms with Gasteiger partial charge in [-0.15, -0.1) is 0 Å². The number of sulfonamides is 1. The highest BCUT2D eigenvalue weighted by atomic mass is 32.2. The summed E-state index contributed by atoms with van der Waals surface area (Å²) in [5.41, 5.74) is 0.675. The standard InChI is InChI=1S/C20H18N4O4S/c21-24(29(27,28)18-11-5-2-6-12-18)20(26)16-8-7-13-23(14-16)15-19(25)22-17-9-3-1-4-10-17/h1-14H,15,21H2/p+1. The van der Waals surface area contributed by atoms with Gasteiger partial charge in [0.15, 0.2) is 12.4 Å². The number of anilines is 1. The Labute approximate surface area is 168 Å². The van der Waals surface area contributed by atoms with Gasteiger partial charge in [0.05, 0.1) is 4.90 Å². The molecule has 0 unspecified atom stereocenters. The summed E-state index contributed by atoms with van der Waals surface area (Å²) in [7, 11) is -4.19. The minimum absolute atomic E-state index is 0.0296. The molecule has 1 aromatic heterocycles. The summed E-state index contributed by atoms with van der Waals surface area (Å²) in [6.45, 7) is -0.0635. The summed E-state index contributed by atoms with van der Waals surface area (Å²) >= 11 is 0. The number of nitrogens with one attached hydrogen (secondary N) is 1. The fourth-order valence-electron chi connectivity index (χ4n) is 2.58. The van der Waals surface area contributed by atoms with Crippen LogP contribution in [0.3, 0.4) is 0 Å². The van der Waals surface area contributed by atoms with Gasteiger partial charge in [0.1, 0.15) is 5.56 Å². The summed E-state index contributed by atoms with van der Waals surface area (Å²) in [6, 6.07) is 19.3. The fraction of sp³-hybridized carbons (Fsp3) is 0.0500. The van der Waals surface area contributed by atoms with Crippen molar-refractivity contribution in [3.05, 3.63) is 90.8 Å². The molecule has 0 aliphatic rings. The average molecular weight is 411 g/mol. The Morgan fingerprint density at radius 3 is 2.21 bits per heavy atom. The van der Waals surface area contributed by atoms with Crippen molar-refractivity contribution < 1.29 is 22.6 Å². The summed E-state index contributed by atoms with van der Waals surface area (Å²) in [4.78, 5) is 24.7. The Kier molecular flexibility index (Phi) is 6.01. The number of pyridine rings is 1. The number of amides is 2. The second kappa shape index (κ2) is 8.63. The Morgan fingerprint density at radius 1 is 0.931 bits per heavy atom. The van der Waals surface area contributed by atoms with E-state index in [2.05, 4.69) is 5.32 Å². The number of nitrogens with two attached hydrogens (primary N) is 1. The Morgan fingerprint density at radius 2 is 1.55 bits per heavy atom. The van der Waals surface area contributed by atoms with E-state index < -0.39 is 15.9 Å². The molecule has 148 valence electrons. The second-order valence-corrected chi connectivity index (χ2v) is 7.91. The molecule has 0 bridgehead atoms. The number of carbonyl (C=O) groups is 2. The molecule has 29 heavy (non-hydrogen) atoms. The van der Waals surface area contributed by atoms with Crippen molar-refractivity contribution in [1.82, 2.24) is 4.41 Å². The number of hydrogen-bond acceptors (Lipinski definition) is 5. The maximum Gasteiger partial charge on any atom is 0.290 e. The molecule has 0 aliphatic carbocycles. The minimum atomic E-state index is -4.19. The smallest absolute Gasteiger partial charge is 0.290 e. The van der Waals surface area contributed by atoms with Crippen LogP contribution in [0.1, 0.15) is 10.4 Å². The van der Waals surface area contributed by atoms with E-state index in [1.807, 2.05) is 6.07 Å². The monoisotopic (exact) mass is 411 g/mol. The minimum Gasteiger partial charge on any atom is -0.321 e. The lowest BCUT2D eigenvalue weighted by Crippen LogP contribution is -2.45. The molecular weight excluding hydrogens is 392 g/mol. The zero-order valence-corrected chi connectivity index (χ0v) is 16.1. The van der Waals surface area contributed by atoms with Gasteiger partial charge in [-0.05, 0) is 30.3 Å². The molecule has 0 saturated heterocycles. The molecule has 3 rings (SSSR count). The van der Waals surface area contributed by atoms with E-state index >= 15 is 0 Å². The molecule has 8 nitrogen and oxygen atoms in total. The van der Waals surface area contributed by atoms with E-state index in [1.165, 1.54) is 47.2 Å². The van der Waals surface area contributed by atoms with Crippen molar-refractivity contribution in [2.24, 2.45) is 5.84 Å². The van der Waals surface area contributed by atoms with E-state index in [4.69, 9.17) is 5.84 Å². The number of rotatable bonds is 6. The quantitative estimate of drug-likeness (QED) is 0.275. The van der Waals surface area contributed by atoms with Crippen molar-refractivity contribution in [2.45, 2.75) is 11.4 Å². The first-order valence-electron chi connectivity index (χ1n) is 8.61. The summed E-state index contributed by atoms with van der Waals surface area (Å²) in [5, 5.41) is 2.73. The number of nitrogens with zero attached hydrogens (tertiary/aromatic N) is 2. The number of carbonyl (C=O) groups excluding carboxylic acids is 2. The maximum absolute atomic E-state index is 12.6. The predicted molar refractivity (Wildman–Crippen MR) is 106 cm³/mol. The highest BCUT2D eigenvalue weighted by Gasteiger charge is 2.28. The van der Waals surface area contributed by atoms with Crippen molar-refractivity contribution in [3.63, 3.8) is 0 Å². The molecule has 3 aromatic rings. The molecule has 3 N–H and O–H groups in total. The van der Waals surface area contributed by atoms with Crippen LogP contribution in [0.25, 0.3) is 0 Å². The second-order valence-electron chi connectivity index (χ2n) is 6.10. The van der Waals surface area contributed by atoms with Crippen LogP contribution < -0.4 is 15.7 Å². The van der Waals surface area contributed by atoms with Gasteiger partial charge in [0.25, 0.3) is 21.8 Å². The van der Waals surface area contributed by atoms with Crippen LogP contribution in [-0.4, -0.2) is 24.6 Å². The van der Waals surface area contributed by atoms with Crippen molar-refractivity contribution in [2.75, 3.05) is 5.32 Å². The molecule has 1 heterocycles. The van der Waals surface area contributed by atoms with E-state index in [0.29, 0.717) is 5.69 Å². The number of aromatic nitrogens is 1. The van der Waals surface area contributed by atoms with Gasteiger partial charge < -0.3 is 5.32 Å². The highest BCUT2D eigenvalue weighted by Crippen LogP contribution is 2.14. The first-order valence-corrected chi connectivity index (χ1v) is 10.1. The Balaban J connectivity index is 1.74. The van der Waals surface area contributed by atoms with Gasteiger partial charge in [0.2, 0.25) is 6.54 Å². The van der Waals surface area contributed by atoms with Gasteiger partial charge in [0, 0.05) is 11.8 Å². The molecule has 0 fully saturated rings. The van der Waals surface area contributed by atoms with Crippen LogP contribution >= 0.6 is 0 Å². The predicted octanol–water partition coefficient (Wildman–Crippen LogP) is 1.32. The zero-order valence-electron chi connectivity index (χ0n) is 15.3. The highest BCUT2D eigenvalue weighted by molar-refractivity contribution is 7.89. The fourth-order valence-corrected chi connectivity index (χ4v) is 3.63. The van der Waals surface area contributed by atoms with Crippen LogP contribution in [0.15, 0.2) is 90.1 Å². The first kappa shape index (κ1) is 20.2. The summed E-state index contributed by atoms with van der Waals surface area (Å²) < 4.78 is 26.7. The lowest BCUT2D eigenvalue weighted by atomic mass is 10.2. The van der Waals surface area contributed by atoms with Crippen molar-refractivity contribution in [3.8, 4) is 0 Å². The summed E-state index contributed by atoms with van der Waals surface area (Å²) in [5.74, 6) is 4.41. The van der Waals surface area contributed by atoms with Gasteiger partial charge in [-0.1, -0.05) is 36.4 Å².